The number of rotatable bonds is 3. The molecule has 1 amide bonds. The van der Waals surface area contributed by atoms with E-state index >= 15 is 0 Å². The molecule has 0 saturated carbocycles. The van der Waals surface area contributed by atoms with E-state index in [0.29, 0.717) is 11.5 Å². The van der Waals surface area contributed by atoms with E-state index in [1.807, 2.05) is 19.1 Å². The number of ether oxygens (including phenoxy) is 2. The van der Waals surface area contributed by atoms with Crippen LogP contribution in [0.2, 0.25) is 0 Å². The van der Waals surface area contributed by atoms with Crippen molar-refractivity contribution >= 4 is 5.91 Å². The fourth-order valence-corrected chi connectivity index (χ4v) is 2.28. The number of aryl methyl sites for hydroxylation is 1. The lowest BCUT2D eigenvalue weighted by Crippen LogP contribution is -2.43. The number of carbonyl (C=O) groups excluding carboxylic acids is 1. The highest BCUT2D eigenvalue weighted by molar-refractivity contribution is 5.81. The quantitative estimate of drug-likeness (QED) is 0.948. The predicted octanol–water partition coefficient (Wildman–Crippen LogP) is 2.59. The number of nitrogens with one attached hydrogen (secondary N) is 1. The first-order chi connectivity index (χ1) is 10.6. The van der Waals surface area contributed by atoms with Gasteiger partial charge < -0.3 is 14.8 Å². The van der Waals surface area contributed by atoms with Crippen molar-refractivity contribution in [2.45, 2.75) is 19.6 Å². The van der Waals surface area contributed by atoms with Gasteiger partial charge in [0.15, 0.2) is 11.5 Å². The highest BCUT2D eigenvalue weighted by Gasteiger charge is 2.27. The van der Waals surface area contributed by atoms with Crippen molar-refractivity contribution in [3.05, 3.63) is 59.4 Å². The Labute approximate surface area is 127 Å². The topological polar surface area (TPSA) is 47.6 Å². The van der Waals surface area contributed by atoms with Crippen LogP contribution in [-0.4, -0.2) is 18.6 Å². The summed E-state index contributed by atoms with van der Waals surface area (Å²) < 4.78 is 24.4. The minimum Gasteiger partial charge on any atom is -0.485 e. The number of halogens is 1. The molecule has 0 bridgehead atoms. The summed E-state index contributed by atoms with van der Waals surface area (Å²) in [6, 6.07) is 11.7. The molecule has 1 atom stereocenters. The molecule has 22 heavy (non-hydrogen) atoms. The molecule has 0 radical (unpaired) electrons. The van der Waals surface area contributed by atoms with Gasteiger partial charge in [-0.2, -0.15) is 0 Å². The molecular weight excluding hydrogens is 285 g/mol. The Morgan fingerprint density at radius 3 is 2.86 bits per heavy atom. The SMILES string of the molecule is Cc1ccc(F)cc1CNC(=O)C1COc2ccccc2O1. The van der Waals surface area contributed by atoms with E-state index < -0.39 is 6.10 Å². The Kier molecular flexibility index (Phi) is 3.96. The van der Waals surface area contributed by atoms with Crippen LogP contribution in [0.25, 0.3) is 0 Å². The van der Waals surface area contributed by atoms with Gasteiger partial charge in [0, 0.05) is 6.54 Å². The molecule has 1 aliphatic rings. The second-order valence-electron chi connectivity index (χ2n) is 5.15. The third kappa shape index (κ3) is 3.03. The van der Waals surface area contributed by atoms with E-state index in [1.165, 1.54) is 12.1 Å². The largest absolute Gasteiger partial charge is 0.485 e. The van der Waals surface area contributed by atoms with Gasteiger partial charge in [-0.1, -0.05) is 18.2 Å². The molecule has 0 aromatic heterocycles. The number of para-hydroxylation sites is 2. The van der Waals surface area contributed by atoms with E-state index in [1.54, 1.807) is 18.2 Å². The monoisotopic (exact) mass is 301 g/mol. The third-order valence-electron chi connectivity index (χ3n) is 3.57. The molecule has 1 unspecified atom stereocenters. The van der Waals surface area contributed by atoms with Gasteiger partial charge >= 0.3 is 0 Å². The summed E-state index contributed by atoms with van der Waals surface area (Å²) in [4.78, 5) is 12.2. The molecule has 2 aromatic rings. The standard InChI is InChI=1S/C17H16FNO3/c1-11-6-7-13(18)8-12(11)9-19-17(20)16-10-21-14-4-2-3-5-15(14)22-16/h2-8,16H,9-10H2,1H3,(H,19,20). The summed E-state index contributed by atoms with van der Waals surface area (Å²) in [5.41, 5.74) is 1.67. The highest BCUT2D eigenvalue weighted by atomic mass is 19.1. The summed E-state index contributed by atoms with van der Waals surface area (Å²) in [7, 11) is 0. The van der Waals surface area contributed by atoms with Gasteiger partial charge in [0.1, 0.15) is 12.4 Å². The van der Waals surface area contributed by atoms with Crippen LogP contribution < -0.4 is 14.8 Å². The average molecular weight is 301 g/mol. The molecule has 0 saturated heterocycles. The predicted molar refractivity (Wildman–Crippen MR) is 79.3 cm³/mol. The number of carbonyl (C=O) groups is 1. The number of amides is 1. The number of benzene rings is 2. The van der Waals surface area contributed by atoms with E-state index in [-0.39, 0.29) is 24.9 Å². The first-order valence-corrected chi connectivity index (χ1v) is 7.05. The first-order valence-electron chi connectivity index (χ1n) is 7.05. The lowest BCUT2D eigenvalue weighted by atomic mass is 10.1. The van der Waals surface area contributed by atoms with Crippen molar-refractivity contribution in [1.29, 1.82) is 0 Å². The van der Waals surface area contributed by atoms with Crippen LogP contribution in [0.3, 0.4) is 0 Å². The minimum absolute atomic E-state index is 0.158. The number of hydrogen-bond donors (Lipinski definition) is 1. The zero-order valence-corrected chi connectivity index (χ0v) is 12.1. The van der Waals surface area contributed by atoms with Crippen LogP contribution in [0, 0.1) is 12.7 Å². The molecule has 1 N–H and O–H groups in total. The van der Waals surface area contributed by atoms with E-state index in [4.69, 9.17) is 9.47 Å². The van der Waals surface area contributed by atoms with Crippen molar-refractivity contribution in [3.8, 4) is 11.5 Å². The average Bonchev–Trinajstić information content (AvgIpc) is 2.55. The van der Waals surface area contributed by atoms with Crippen LogP contribution in [0.15, 0.2) is 42.5 Å². The van der Waals surface area contributed by atoms with Gasteiger partial charge in [-0.3, -0.25) is 4.79 Å². The van der Waals surface area contributed by atoms with Gasteiger partial charge in [0.05, 0.1) is 0 Å². The van der Waals surface area contributed by atoms with Crippen LogP contribution in [0.5, 0.6) is 11.5 Å². The Hall–Kier alpha value is -2.56. The maximum absolute atomic E-state index is 13.2. The Morgan fingerprint density at radius 2 is 2.05 bits per heavy atom. The molecule has 114 valence electrons. The lowest BCUT2D eigenvalue weighted by molar-refractivity contribution is -0.130. The van der Waals surface area contributed by atoms with Crippen molar-refractivity contribution < 1.29 is 18.7 Å². The minimum atomic E-state index is -0.705. The van der Waals surface area contributed by atoms with Crippen molar-refractivity contribution in [3.63, 3.8) is 0 Å². The molecule has 2 aromatic carbocycles. The fourth-order valence-electron chi connectivity index (χ4n) is 2.28. The Bertz CT molecular complexity index is 702. The van der Waals surface area contributed by atoms with Crippen LogP contribution in [0.4, 0.5) is 4.39 Å². The van der Waals surface area contributed by atoms with Gasteiger partial charge in [-0.25, -0.2) is 4.39 Å². The van der Waals surface area contributed by atoms with E-state index in [2.05, 4.69) is 5.32 Å². The zero-order valence-electron chi connectivity index (χ0n) is 12.1. The summed E-state index contributed by atoms with van der Waals surface area (Å²) in [5, 5.41) is 2.76. The molecule has 0 fully saturated rings. The van der Waals surface area contributed by atoms with Crippen LogP contribution >= 0.6 is 0 Å². The molecular formula is C17H16FNO3. The molecule has 3 rings (SSSR count). The number of hydrogen-bond acceptors (Lipinski definition) is 3. The first kappa shape index (κ1) is 14.4. The normalized spacial score (nSPS) is 16.2. The maximum atomic E-state index is 13.2. The molecule has 0 spiro atoms. The number of fused-ring (bicyclic) bond motifs is 1. The van der Waals surface area contributed by atoms with Gasteiger partial charge in [0.2, 0.25) is 6.10 Å². The summed E-state index contributed by atoms with van der Waals surface area (Å²) in [6.07, 6.45) is -0.705. The van der Waals surface area contributed by atoms with Crippen LogP contribution in [0.1, 0.15) is 11.1 Å². The molecule has 4 nitrogen and oxygen atoms in total. The second kappa shape index (κ2) is 6.05. The van der Waals surface area contributed by atoms with Crippen molar-refractivity contribution in [2.24, 2.45) is 0 Å². The molecule has 1 heterocycles. The third-order valence-corrected chi connectivity index (χ3v) is 3.57. The van der Waals surface area contributed by atoms with Crippen molar-refractivity contribution in [2.75, 3.05) is 6.61 Å². The second-order valence-corrected chi connectivity index (χ2v) is 5.15. The molecule has 5 heteroatoms. The lowest BCUT2D eigenvalue weighted by Gasteiger charge is -2.25. The summed E-state index contributed by atoms with van der Waals surface area (Å²) in [6.45, 7) is 2.28. The van der Waals surface area contributed by atoms with E-state index in [9.17, 15) is 9.18 Å². The molecule has 1 aliphatic heterocycles. The van der Waals surface area contributed by atoms with E-state index in [0.717, 1.165) is 11.1 Å². The zero-order chi connectivity index (χ0) is 15.5. The van der Waals surface area contributed by atoms with Crippen LogP contribution in [-0.2, 0) is 11.3 Å². The summed E-state index contributed by atoms with van der Waals surface area (Å²) >= 11 is 0. The highest BCUT2D eigenvalue weighted by Crippen LogP contribution is 2.30. The fraction of sp³-hybridized carbons (Fsp3) is 0.235. The molecule has 0 aliphatic carbocycles. The van der Waals surface area contributed by atoms with Gasteiger partial charge in [-0.15, -0.1) is 0 Å². The Balaban J connectivity index is 1.62. The Morgan fingerprint density at radius 1 is 1.27 bits per heavy atom. The maximum Gasteiger partial charge on any atom is 0.264 e. The smallest absolute Gasteiger partial charge is 0.264 e. The van der Waals surface area contributed by atoms with Gasteiger partial charge in [0.25, 0.3) is 5.91 Å². The van der Waals surface area contributed by atoms with Gasteiger partial charge in [-0.05, 0) is 42.3 Å². The summed E-state index contributed by atoms with van der Waals surface area (Å²) in [5.74, 6) is 0.586. The van der Waals surface area contributed by atoms with Crippen molar-refractivity contribution in [1.82, 2.24) is 5.32 Å².